The SMILES string of the molecule is CC/C=C\C/C=C\C/C=C\C/C=C\CCCCC(=O)OC(COC(=O)CCCCCCCCC/C=C\CCCCCCCC)COC(=O)CCCCCCCCCCCCC. The van der Waals surface area contributed by atoms with Gasteiger partial charge in [-0.15, -0.1) is 0 Å². The van der Waals surface area contributed by atoms with Gasteiger partial charge in [0.2, 0.25) is 0 Å². The first-order chi connectivity index (χ1) is 30.0. The normalized spacial score (nSPS) is 12.5. The van der Waals surface area contributed by atoms with Crippen LogP contribution in [0.25, 0.3) is 0 Å². The summed E-state index contributed by atoms with van der Waals surface area (Å²) in [6, 6.07) is 0. The molecule has 0 aromatic rings. The van der Waals surface area contributed by atoms with Crippen molar-refractivity contribution in [3.63, 3.8) is 0 Å². The van der Waals surface area contributed by atoms with Gasteiger partial charge in [0.05, 0.1) is 0 Å². The Labute approximate surface area is 377 Å². The molecule has 6 heteroatoms. The highest BCUT2D eigenvalue weighted by Crippen LogP contribution is 2.14. The van der Waals surface area contributed by atoms with E-state index in [0.717, 1.165) is 77.0 Å². The molecule has 0 aromatic carbocycles. The molecule has 0 saturated carbocycles. The smallest absolute Gasteiger partial charge is 0.306 e. The Hall–Kier alpha value is -2.89. The second-order valence-corrected chi connectivity index (χ2v) is 17.1. The van der Waals surface area contributed by atoms with Crippen molar-refractivity contribution in [3.8, 4) is 0 Å². The Bertz CT molecular complexity index is 1120. The fourth-order valence-corrected chi connectivity index (χ4v) is 7.13. The second kappa shape index (κ2) is 49.8. The van der Waals surface area contributed by atoms with Crippen molar-refractivity contribution in [3.05, 3.63) is 60.8 Å². The molecule has 0 radical (unpaired) electrons. The van der Waals surface area contributed by atoms with Gasteiger partial charge in [-0.2, -0.15) is 0 Å². The summed E-state index contributed by atoms with van der Waals surface area (Å²) >= 11 is 0. The molecular formula is C55H96O6. The molecule has 0 spiro atoms. The van der Waals surface area contributed by atoms with Gasteiger partial charge in [-0.05, 0) is 83.5 Å². The van der Waals surface area contributed by atoms with Crippen LogP contribution in [0.3, 0.4) is 0 Å². The van der Waals surface area contributed by atoms with E-state index >= 15 is 0 Å². The maximum Gasteiger partial charge on any atom is 0.306 e. The van der Waals surface area contributed by atoms with E-state index in [2.05, 4.69) is 81.5 Å². The van der Waals surface area contributed by atoms with Crippen LogP contribution >= 0.6 is 0 Å². The molecule has 0 bridgehead atoms. The van der Waals surface area contributed by atoms with Gasteiger partial charge >= 0.3 is 17.9 Å². The van der Waals surface area contributed by atoms with Gasteiger partial charge in [0.25, 0.3) is 0 Å². The van der Waals surface area contributed by atoms with E-state index in [1.54, 1.807) is 0 Å². The van der Waals surface area contributed by atoms with E-state index in [9.17, 15) is 14.4 Å². The zero-order chi connectivity index (χ0) is 44.4. The Morgan fingerprint density at radius 1 is 0.344 bits per heavy atom. The van der Waals surface area contributed by atoms with Crippen molar-refractivity contribution in [1.29, 1.82) is 0 Å². The van der Waals surface area contributed by atoms with Crippen LogP contribution in [0.1, 0.15) is 252 Å². The van der Waals surface area contributed by atoms with Crippen molar-refractivity contribution in [2.24, 2.45) is 0 Å². The number of hydrogen-bond donors (Lipinski definition) is 0. The van der Waals surface area contributed by atoms with Crippen molar-refractivity contribution >= 4 is 17.9 Å². The lowest BCUT2D eigenvalue weighted by Gasteiger charge is -2.18. The van der Waals surface area contributed by atoms with Crippen molar-refractivity contribution in [2.45, 2.75) is 258 Å². The van der Waals surface area contributed by atoms with E-state index in [4.69, 9.17) is 14.2 Å². The lowest BCUT2D eigenvalue weighted by molar-refractivity contribution is -0.167. The molecule has 1 unspecified atom stereocenters. The van der Waals surface area contributed by atoms with E-state index in [1.165, 1.54) is 128 Å². The average Bonchev–Trinajstić information content (AvgIpc) is 3.26. The Morgan fingerprint density at radius 3 is 1.05 bits per heavy atom. The summed E-state index contributed by atoms with van der Waals surface area (Å²) in [5.41, 5.74) is 0. The molecule has 6 nitrogen and oxygen atoms in total. The van der Waals surface area contributed by atoms with Crippen LogP contribution in [0, 0.1) is 0 Å². The third-order valence-electron chi connectivity index (χ3n) is 11.0. The van der Waals surface area contributed by atoms with Crippen molar-refractivity contribution in [1.82, 2.24) is 0 Å². The van der Waals surface area contributed by atoms with Gasteiger partial charge in [-0.25, -0.2) is 0 Å². The Balaban J connectivity index is 4.41. The molecule has 0 aromatic heterocycles. The first-order valence-electron chi connectivity index (χ1n) is 25.8. The minimum absolute atomic E-state index is 0.0905. The second-order valence-electron chi connectivity index (χ2n) is 17.1. The highest BCUT2D eigenvalue weighted by molar-refractivity contribution is 5.71. The van der Waals surface area contributed by atoms with E-state index in [-0.39, 0.29) is 37.5 Å². The fourth-order valence-electron chi connectivity index (χ4n) is 7.13. The van der Waals surface area contributed by atoms with Gasteiger partial charge in [0.15, 0.2) is 6.10 Å². The predicted molar refractivity (Wildman–Crippen MR) is 261 cm³/mol. The number of unbranched alkanes of at least 4 members (excludes halogenated alkanes) is 25. The number of rotatable bonds is 46. The number of esters is 3. The molecule has 0 aliphatic heterocycles. The first kappa shape index (κ1) is 58.1. The minimum Gasteiger partial charge on any atom is -0.462 e. The molecule has 0 amide bonds. The topological polar surface area (TPSA) is 78.9 Å². The van der Waals surface area contributed by atoms with E-state index in [0.29, 0.717) is 19.3 Å². The van der Waals surface area contributed by atoms with Crippen molar-refractivity contribution in [2.75, 3.05) is 13.2 Å². The molecule has 352 valence electrons. The van der Waals surface area contributed by atoms with Crippen LogP contribution in [0.5, 0.6) is 0 Å². The van der Waals surface area contributed by atoms with Crippen LogP contribution in [-0.4, -0.2) is 37.2 Å². The predicted octanol–water partition coefficient (Wildman–Crippen LogP) is 16.9. The summed E-state index contributed by atoms with van der Waals surface area (Å²) in [4.78, 5) is 37.9. The summed E-state index contributed by atoms with van der Waals surface area (Å²) in [6.07, 6.45) is 60.6. The van der Waals surface area contributed by atoms with E-state index in [1.807, 2.05) is 0 Å². The Morgan fingerprint density at radius 2 is 0.639 bits per heavy atom. The molecule has 0 aliphatic rings. The third kappa shape index (κ3) is 48.0. The summed E-state index contributed by atoms with van der Waals surface area (Å²) < 4.78 is 16.7. The lowest BCUT2D eigenvalue weighted by Crippen LogP contribution is -2.30. The van der Waals surface area contributed by atoms with Crippen LogP contribution in [0.15, 0.2) is 60.8 Å². The summed E-state index contributed by atoms with van der Waals surface area (Å²) in [6.45, 7) is 6.48. The molecule has 1 atom stereocenters. The monoisotopic (exact) mass is 853 g/mol. The van der Waals surface area contributed by atoms with E-state index < -0.39 is 6.10 Å². The molecule has 0 fully saturated rings. The highest BCUT2D eigenvalue weighted by Gasteiger charge is 2.19. The van der Waals surface area contributed by atoms with Gasteiger partial charge < -0.3 is 14.2 Å². The molecule has 0 aliphatic carbocycles. The van der Waals surface area contributed by atoms with Gasteiger partial charge in [-0.3, -0.25) is 14.4 Å². The number of carbonyl (C=O) groups excluding carboxylic acids is 3. The van der Waals surface area contributed by atoms with Crippen LogP contribution in [0.4, 0.5) is 0 Å². The van der Waals surface area contributed by atoms with Crippen LogP contribution in [-0.2, 0) is 28.6 Å². The number of ether oxygens (including phenoxy) is 3. The molecular weight excluding hydrogens is 757 g/mol. The first-order valence-corrected chi connectivity index (χ1v) is 25.8. The van der Waals surface area contributed by atoms with Gasteiger partial charge in [0, 0.05) is 19.3 Å². The highest BCUT2D eigenvalue weighted by atomic mass is 16.6. The van der Waals surface area contributed by atoms with Crippen molar-refractivity contribution < 1.29 is 28.6 Å². The molecule has 0 N–H and O–H groups in total. The molecule has 0 heterocycles. The average molecular weight is 853 g/mol. The molecule has 0 saturated heterocycles. The van der Waals surface area contributed by atoms with Crippen LogP contribution < -0.4 is 0 Å². The molecule has 61 heavy (non-hydrogen) atoms. The number of carbonyl (C=O) groups is 3. The maximum atomic E-state index is 12.8. The maximum absolute atomic E-state index is 12.8. The minimum atomic E-state index is -0.794. The summed E-state index contributed by atoms with van der Waals surface area (Å²) in [5, 5.41) is 0. The Kier molecular flexibility index (Phi) is 47.4. The molecule has 0 rings (SSSR count). The largest absolute Gasteiger partial charge is 0.462 e. The standard InChI is InChI=1S/C55H96O6/c1-4-7-10-13-16-19-22-24-26-27-29-30-33-36-39-42-45-48-54(57)60-51-52(50-59-53(56)47-44-41-38-35-32-21-18-15-12-9-6-3)61-55(58)49-46-43-40-37-34-31-28-25-23-20-17-14-11-8-5-2/h8,11,17,20,24-26,28,34,37,52H,4-7,9-10,12-16,18-19,21-23,27,29-33,35-36,38-51H2,1-3H3/b11-8-,20-17-,26-24-,28-25-,37-34-. The third-order valence-corrected chi connectivity index (χ3v) is 11.0. The number of allylic oxidation sites excluding steroid dienone is 10. The van der Waals surface area contributed by atoms with Gasteiger partial charge in [0.1, 0.15) is 13.2 Å². The summed E-state index contributed by atoms with van der Waals surface area (Å²) in [5.74, 6) is -0.933. The quantitative estimate of drug-likeness (QED) is 0.0263. The van der Waals surface area contributed by atoms with Gasteiger partial charge in [-0.1, -0.05) is 210 Å². The van der Waals surface area contributed by atoms with Crippen LogP contribution in [0.2, 0.25) is 0 Å². The summed E-state index contributed by atoms with van der Waals surface area (Å²) in [7, 11) is 0. The zero-order valence-electron chi connectivity index (χ0n) is 40.2. The number of hydrogen-bond acceptors (Lipinski definition) is 6. The fraction of sp³-hybridized carbons (Fsp3) is 0.764. The zero-order valence-corrected chi connectivity index (χ0v) is 40.2. The lowest BCUT2D eigenvalue weighted by atomic mass is 10.1.